The summed E-state index contributed by atoms with van der Waals surface area (Å²) in [5.74, 6) is 1.70. The maximum absolute atomic E-state index is 12.8. The molecule has 2 aromatic carbocycles. The SMILES string of the molecule is CC1CCc2c(sc(NC(=O)COc3ccc(C(C)C)cc3)c2-c2nc3ccccc3s2)C1. The van der Waals surface area contributed by atoms with Gasteiger partial charge in [0.2, 0.25) is 0 Å². The molecule has 0 aliphatic heterocycles. The maximum atomic E-state index is 12.8. The van der Waals surface area contributed by atoms with Crippen molar-refractivity contribution in [3.8, 4) is 16.3 Å². The van der Waals surface area contributed by atoms with Gasteiger partial charge in [-0.2, -0.15) is 0 Å². The number of aromatic nitrogens is 1. The summed E-state index contributed by atoms with van der Waals surface area (Å²) in [6, 6.07) is 16.2. The molecule has 1 aliphatic rings. The van der Waals surface area contributed by atoms with Gasteiger partial charge in [0.1, 0.15) is 15.8 Å². The van der Waals surface area contributed by atoms with Gasteiger partial charge in [-0.05, 0) is 66.5 Å². The number of nitrogens with one attached hydrogen (secondary N) is 1. The number of amides is 1. The maximum Gasteiger partial charge on any atom is 0.262 e. The molecule has 4 nitrogen and oxygen atoms in total. The second kappa shape index (κ2) is 9.27. The number of para-hydroxylation sites is 1. The van der Waals surface area contributed by atoms with Crippen LogP contribution in [0, 0.1) is 5.92 Å². The van der Waals surface area contributed by atoms with Gasteiger partial charge in [-0.15, -0.1) is 22.7 Å². The van der Waals surface area contributed by atoms with E-state index in [4.69, 9.17) is 9.72 Å². The smallest absolute Gasteiger partial charge is 0.262 e. The molecule has 170 valence electrons. The zero-order valence-electron chi connectivity index (χ0n) is 19.2. The minimum Gasteiger partial charge on any atom is -0.484 e. The van der Waals surface area contributed by atoms with Gasteiger partial charge in [0.05, 0.1) is 10.2 Å². The molecule has 6 heteroatoms. The van der Waals surface area contributed by atoms with Crippen molar-refractivity contribution < 1.29 is 9.53 Å². The highest BCUT2D eigenvalue weighted by Gasteiger charge is 2.27. The van der Waals surface area contributed by atoms with Crippen molar-refractivity contribution in [3.63, 3.8) is 0 Å². The molecule has 1 N–H and O–H groups in total. The van der Waals surface area contributed by atoms with Crippen LogP contribution >= 0.6 is 22.7 Å². The lowest BCUT2D eigenvalue weighted by Gasteiger charge is -2.18. The number of hydrogen-bond acceptors (Lipinski definition) is 5. The summed E-state index contributed by atoms with van der Waals surface area (Å²) in [6.07, 6.45) is 3.27. The second-order valence-electron chi connectivity index (χ2n) is 9.10. The zero-order valence-corrected chi connectivity index (χ0v) is 20.8. The summed E-state index contributed by atoms with van der Waals surface area (Å²) in [5.41, 5.74) is 4.73. The van der Waals surface area contributed by atoms with E-state index >= 15 is 0 Å². The molecule has 1 aliphatic carbocycles. The number of fused-ring (bicyclic) bond motifs is 2. The number of carbonyl (C=O) groups excluding carboxylic acids is 1. The van der Waals surface area contributed by atoms with E-state index in [1.54, 1.807) is 22.7 Å². The monoisotopic (exact) mass is 476 g/mol. The predicted molar refractivity (Wildman–Crippen MR) is 139 cm³/mol. The first-order valence-corrected chi connectivity index (χ1v) is 13.1. The van der Waals surface area contributed by atoms with Gasteiger partial charge in [0, 0.05) is 10.4 Å². The lowest BCUT2D eigenvalue weighted by molar-refractivity contribution is -0.118. The van der Waals surface area contributed by atoms with Crippen LogP contribution in [0.25, 0.3) is 20.8 Å². The fourth-order valence-corrected chi connectivity index (χ4v) is 6.84. The topological polar surface area (TPSA) is 51.2 Å². The largest absolute Gasteiger partial charge is 0.484 e. The van der Waals surface area contributed by atoms with E-state index in [1.807, 2.05) is 30.3 Å². The standard InChI is InChI=1S/C27H28N2O2S2/c1-16(2)18-9-11-19(12-10-18)31-15-24(30)29-27-25(20-13-8-17(3)14-23(20)33-27)26-28-21-6-4-5-7-22(21)32-26/h4-7,9-12,16-17H,8,13-15H2,1-3H3,(H,29,30). The first kappa shape index (κ1) is 22.1. The van der Waals surface area contributed by atoms with Crippen molar-refractivity contribution in [3.05, 3.63) is 64.5 Å². The van der Waals surface area contributed by atoms with Crippen molar-refractivity contribution in [1.82, 2.24) is 4.98 Å². The number of benzene rings is 2. The first-order chi connectivity index (χ1) is 16.0. The molecule has 33 heavy (non-hydrogen) atoms. The van der Waals surface area contributed by atoms with Crippen molar-refractivity contribution in [2.75, 3.05) is 11.9 Å². The molecular weight excluding hydrogens is 448 g/mol. The summed E-state index contributed by atoms with van der Waals surface area (Å²) in [6.45, 7) is 6.61. The fourth-order valence-electron chi connectivity index (χ4n) is 4.30. The third-order valence-corrected chi connectivity index (χ3v) is 8.41. The number of thiophene rings is 1. The van der Waals surface area contributed by atoms with Crippen LogP contribution in [0.2, 0.25) is 0 Å². The molecule has 0 spiro atoms. The first-order valence-electron chi connectivity index (χ1n) is 11.5. The fraction of sp³-hybridized carbons (Fsp3) is 0.333. The minimum atomic E-state index is -0.142. The Balaban J connectivity index is 1.38. The van der Waals surface area contributed by atoms with Crippen molar-refractivity contribution in [2.24, 2.45) is 5.92 Å². The van der Waals surface area contributed by atoms with Crippen molar-refractivity contribution >= 4 is 43.8 Å². The Morgan fingerprint density at radius 3 is 2.70 bits per heavy atom. The Morgan fingerprint density at radius 2 is 1.94 bits per heavy atom. The van der Waals surface area contributed by atoms with E-state index in [0.717, 1.165) is 33.9 Å². The summed E-state index contributed by atoms with van der Waals surface area (Å²) in [5, 5.41) is 5.04. The van der Waals surface area contributed by atoms with E-state index in [-0.39, 0.29) is 12.5 Å². The number of ether oxygens (including phenoxy) is 1. The van der Waals surface area contributed by atoms with Gasteiger partial charge < -0.3 is 10.1 Å². The Labute approximate surface area is 202 Å². The molecule has 1 unspecified atom stereocenters. The van der Waals surface area contributed by atoms with Crippen LogP contribution in [0.5, 0.6) is 5.75 Å². The normalized spacial score (nSPS) is 15.6. The Hall–Kier alpha value is -2.70. The molecule has 1 atom stereocenters. The van der Waals surface area contributed by atoms with Crippen LogP contribution in [0.4, 0.5) is 5.00 Å². The molecule has 0 radical (unpaired) electrons. The highest BCUT2D eigenvalue weighted by molar-refractivity contribution is 7.22. The minimum absolute atomic E-state index is 0.0146. The third-order valence-electron chi connectivity index (χ3n) is 6.19. The Bertz CT molecular complexity index is 1250. The molecule has 0 saturated carbocycles. The molecule has 1 amide bonds. The summed E-state index contributed by atoms with van der Waals surface area (Å²) < 4.78 is 6.94. The van der Waals surface area contributed by atoms with Crippen molar-refractivity contribution in [1.29, 1.82) is 0 Å². The van der Waals surface area contributed by atoms with E-state index in [1.165, 1.54) is 27.1 Å². The van der Waals surface area contributed by atoms with E-state index in [0.29, 0.717) is 17.6 Å². The highest BCUT2D eigenvalue weighted by atomic mass is 32.1. The molecule has 0 fully saturated rings. The summed E-state index contributed by atoms with van der Waals surface area (Å²) in [4.78, 5) is 19.1. The van der Waals surface area contributed by atoms with Crippen molar-refractivity contribution in [2.45, 2.75) is 46.0 Å². The predicted octanol–water partition coefficient (Wildman–Crippen LogP) is 7.29. The number of hydrogen-bond donors (Lipinski definition) is 1. The van der Waals surface area contributed by atoms with Gasteiger partial charge in [-0.25, -0.2) is 4.98 Å². The third kappa shape index (κ3) is 4.68. The van der Waals surface area contributed by atoms with Crippen LogP contribution in [0.15, 0.2) is 48.5 Å². The highest BCUT2D eigenvalue weighted by Crippen LogP contribution is 2.47. The second-order valence-corrected chi connectivity index (χ2v) is 11.2. The summed E-state index contributed by atoms with van der Waals surface area (Å²) >= 11 is 3.40. The number of nitrogens with zero attached hydrogens (tertiary/aromatic N) is 1. The average Bonchev–Trinajstić information content (AvgIpc) is 3.38. The lowest BCUT2D eigenvalue weighted by Crippen LogP contribution is -2.20. The Morgan fingerprint density at radius 1 is 1.15 bits per heavy atom. The van der Waals surface area contributed by atoms with Crippen LogP contribution < -0.4 is 10.1 Å². The molecule has 5 rings (SSSR count). The lowest BCUT2D eigenvalue weighted by atomic mass is 9.88. The molecular formula is C27H28N2O2S2. The van der Waals surface area contributed by atoms with Crippen LogP contribution in [-0.2, 0) is 17.6 Å². The molecule has 0 saturated heterocycles. The van der Waals surface area contributed by atoms with Crippen LogP contribution in [0.1, 0.15) is 49.1 Å². The van der Waals surface area contributed by atoms with Gasteiger partial charge in [0.25, 0.3) is 5.91 Å². The molecule has 2 aromatic heterocycles. The van der Waals surface area contributed by atoms with Crippen LogP contribution in [-0.4, -0.2) is 17.5 Å². The van der Waals surface area contributed by atoms with Gasteiger partial charge in [0.15, 0.2) is 6.61 Å². The molecule has 2 heterocycles. The zero-order chi connectivity index (χ0) is 22.9. The average molecular weight is 477 g/mol. The van der Waals surface area contributed by atoms with Crippen LogP contribution in [0.3, 0.4) is 0 Å². The molecule has 4 aromatic rings. The van der Waals surface area contributed by atoms with Gasteiger partial charge >= 0.3 is 0 Å². The Kier molecular flexibility index (Phi) is 6.21. The van der Waals surface area contributed by atoms with Gasteiger partial charge in [-0.1, -0.05) is 45.0 Å². The molecule has 0 bridgehead atoms. The number of rotatable bonds is 6. The number of thiazole rings is 1. The van der Waals surface area contributed by atoms with E-state index < -0.39 is 0 Å². The number of carbonyl (C=O) groups is 1. The quantitative estimate of drug-likeness (QED) is 0.318. The van der Waals surface area contributed by atoms with E-state index in [9.17, 15) is 4.79 Å². The van der Waals surface area contributed by atoms with E-state index in [2.05, 4.69) is 44.3 Å². The summed E-state index contributed by atoms with van der Waals surface area (Å²) in [7, 11) is 0. The number of anilines is 1. The van der Waals surface area contributed by atoms with Gasteiger partial charge in [-0.3, -0.25) is 4.79 Å².